The third-order valence-electron chi connectivity index (χ3n) is 2.05. The van der Waals surface area contributed by atoms with Crippen molar-refractivity contribution in [2.45, 2.75) is 9.79 Å². The van der Waals surface area contributed by atoms with E-state index in [0.717, 1.165) is 9.79 Å². The Bertz CT molecular complexity index is 500. The molecule has 0 aliphatic carbocycles. The third-order valence-corrected chi connectivity index (χ3v) is 3.00. The van der Waals surface area contributed by atoms with E-state index in [-0.39, 0.29) is 5.97 Å². The average Bonchev–Trinajstić information content (AvgIpc) is 2.40. The number of carbonyl (C=O) groups excluding carboxylic acids is 1. The number of aromatic nitrogens is 2. The summed E-state index contributed by atoms with van der Waals surface area (Å²) < 4.78 is 4.63. The van der Waals surface area contributed by atoms with E-state index in [2.05, 4.69) is 14.7 Å². The van der Waals surface area contributed by atoms with Gasteiger partial charge in [0.2, 0.25) is 0 Å². The first-order chi connectivity index (χ1) is 8.29. The summed E-state index contributed by atoms with van der Waals surface area (Å²) in [4.78, 5) is 21.1. The zero-order chi connectivity index (χ0) is 12.1. The molecule has 2 rings (SSSR count). The molecule has 0 radical (unpaired) electrons. The van der Waals surface area contributed by atoms with Crippen molar-refractivity contribution in [2.24, 2.45) is 0 Å². The predicted octanol–water partition coefficient (Wildman–Crippen LogP) is 2.41. The fraction of sp³-hybridized carbons (Fsp3) is 0.0833. The molecule has 0 N–H and O–H groups in total. The lowest BCUT2D eigenvalue weighted by molar-refractivity contribution is 0.0600. The lowest BCUT2D eigenvalue weighted by atomic mass is 10.2. The molecular weight excluding hydrogens is 236 g/mol. The van der Waals surface area contributed by atoms with Crippen LogP contribution in [0.15, 0.2) is 52.8 Å². The van der Waals surface area contributed by atoms with E-state index < -0.39 is 0 Å². The maximum atomic E-state index is 11.2. The number of ether oxygens (including phenoxy) is 1. The van der Waals surface area contributed by atoms with E-state index in [4.69, 9.17) is 0 Å². The minimum atomic E-state index is -0.329. The van der Waals surface area contributed by atoms with Gasteiger partial charge in [-0.3, -0.25) is 0 Å². The fourth-order valence-corrected chi connectivity index (χ4v) is 2.02. The van der Waals surface area contributed by atoms with Gasteiger partial charge < -0.3 is 4.74 Å². The largest absolute Gasteiger partial charge is 0.465 e. The highest BCUT2D eigenvalue weighted by Crippen LogP contribution is 2.26. The van der Waals surface area contributed by atoms with Gasteiger partial charge in [0.05, 0.1) is 12.7 Å². The second-order valence-electron chi connectivity index (χ2n) is 3.19. The van der Waals surface area contributed by atoms with Crippen LogP contribution in [0, 0.1) is 0 Å². The van der Waals surface area contributed by atoms with Crippen molar-refractivity contribution in [2.75, 3.05) is 7.11 Å². The van der Waals surface area contributed by atoms with Crippen LogP contribution in [0.5, 0.6) is 0 Å². The Kier molecular flexibility index (Phi) is 3.72. The van der Waals surface area contributed by atoms with Crippen molar-refractivity contribution >= 4 is 17.7 Å². The fourth-order valence-electron chi connectivity index (χ4n) is 1.25. The van der Waals surface area contributed by atoms with Gasteiger partial charge in [0.1, 0.15) is 6.33 Å². The van der Waals surface area contributed by atoms with Crippen molar-refractivity contribution in [3.05, 3.63) is 48.5 Å². The number of hydrogen-bond acceptors (Lipinski definition) is 5. The minimum Gasteiger partial charge on any atom is -0.465 e. The molecule has 1 aromatic heterocycles. The first kappa shape index (κ1) is 11.6. The highest BCUT2D eigenvalue weighted by Gasteiger charge is 2.04. The van der Waals surface area contributed by atoms with Crippen molar-refractivity contribution in [3.63, 3.8) is 0 Å². The van der Waals surface area contributed by atoms with Crippen molar-refractivity contribution in [1.82, 2.24) is 9.97 Å². The Hall–Kier alpha value is -1.88. The molecule has 5 heteroatoms. The van der Waals surface area contributed by atoms with Gasteiger partial charge in [-0.2, -0.15) is 0 Å². The van der Waals surface area contributed by atoms with Crippen molar-refractivity contribution in [3.8, 4) is 0 Å². The van der Waals surface area contributed by atoms with Gasteiger partial charge in [0.25, 0.3) is 0 Å². The summed E-state index contributed by atoms with van der Waals surface area (Å²) in [6.45, 7) is 0. The van der Waals surface area contributed by atoms with E-state index in [1.54, 1.807) is 24.5 Å². The number of esters is 1. The first-order valence-electron chi connectivity index (χ1n) is 4.91. The smallest absolute Gasteiger partial charge is 0.337 e. The van der Waals surface area contributed by atoms with Gasteiger partial charge >= 0.3 is 5.97 Å². The van der Waals surface area contributed by atoms with Gasteiger partial charge in [0.15, 0.2) is 0 Å². The van der Waals surface area contributed by atoms with Gasteiger partial charge in [-0.05, 0) is 24.3 Å². The van der Waals surface area contributed by atoms with Crippen LogP contribution in [0.4, 0.5) is 0 Å². The van der Waals surface area contributed by atoms with Crippen LogP contribution in [-0.4, -0.2) is 23.0 Å². The maximum Gasteiger partial charge on any atom is 0.337 e. The third kappa shape index (κ3) is 3.04. The van der Waals surface area contributed by atoms with Gasteiger partial charge in [-0.15, -0.1) is 0 Å². The highest BCUT2D eigenvalue weighted by molar-refractivity contribution is 7.99. The summed E-state index contributed by atoms with van der Waals surface area (Å²) in [5.41, 5.74) is 0.543. The normalized spacial score (nSPS) is 9.94. The van der Waals surface area contributed by atoms with Crippen LogP contribution < -0.4 is 0 Å². The van der Waals surface area contributed by atoms with Crippen molar-refractivity contribution in [1.29, 1.82) is 0 Å². The Morgan fingerprint density at radius 3 is 2.35 bits per heavy atom. The molecule has 0 saturated carbocycles. The van der Waals surface area contributed by atoms with Crippen LogP contribution in [0.3, 0.4) is 0 Å². The quantitative estimate of drug-likeness (QED) is 0.778. The van der Waals surface area contributed by atoms with E-state index in [0.29, 0.717) is 5.56 Å². The second kappa shape index (κ2) is 5.45. The van der Waals surface area contributed by atoms with Gasteiger partial charge in [0, 0.05) is 22.2 Å². The molecule has 1 aromatic carbocycles. The highest BCUT2D eigenvalue weighted by atomic mass is 32.2. The molecule has 1 heterocycles. The summed E-state index contributed by atoms with van der Waals surface area (Å²) in [6.07, 6.45) is 4.97. The minimum absolute atomic E-state index is 0.329. The lowest BCUT2D eigenvalue weighted by Gasteiger charge is -2.02. The molecule has 0 aliphatic rings. The Morgan fingerprint density at radius 2 is 1.76 bits per heavy atom. The topological polar surface area (TPSA) is 52.1 Å². The standard InChI is InChI=1S/C12H10N2O2S/c1-16-12(15)9-2-4-10(5-3-9)17-11-6-13-8-14-7-11/h2-8H,1H3. The molecule has 0 spiro atoms. The molecule has 4 nitrogen and oxygen atoms in total. The molecule has 0 aliphatic heterocycles. The van der Waals surface area contributed by atoms with Crippen LogP contribution in [0.25, 0.3) is 0 Å². The average molecular weight is 246 g/mol. The number of carbonyl (C=O) groups is 1. The molecule has 17 heavy (non-hydrogen) atoms. The van der Waals surface area contributed by atoms with Crippen LogP contribution in [-0.2, 0) is 4.74 Å². The molecule has 0 saturated heterocycles. The monoisotopic (exact) mass is 246 g/mol. The summed E-state index contributed by atoms with van der Waals surface area (Å²) in [5.74, 6) is -0.329. The van der Waals surface area contributed by atoms with E-state index in [1.165, 1.54) is 25.2 Å². The lowest BCUT2D eigenvalue weighted by Crippen LogP contribution is -2.00. The zero-order valence-corrected chi connectivity index (χ0v) is 9.98. The second-order valence-corrected chi connectivity index (χ2v) is 4.34. The molecule has 0 unspecified atom stereocenters. The predicted molar refractivity (Wildman–Crippen MR) is 63.9 cm³/mol. The molecule has 0 amide bonds. The van der Waals surface area contributed by atoms with E-state index >= 15 is 0 Å². The summed E-state index contributed by atoms with van der Waals surface area (Å²) >= 11 is 1.54. The van der Waals surface area contributed by atoms with E-state index in [1.807, 2.05) is 12.1 Å². The summed E-state index contributed by atoms with van der Waals surface area (Å²) in [6, 6.07) is 7.20. The molecule has 86 valence electrons. The molecule has 0 atom stereocenters. The van der Waals surface area contributed by atoms with E-state index in [9.17, 15) is 4.79 Å². The summed E-state index contributed by atoms with van der Waals surface area (Å²) in [7, 11) is 1.37. The Morgan fingerprint density at radius 1 is 1.12 bits per heavy atom. The van der Waals surface area contributed by atoms with Gasteiger partial charge in [-0.25, -0.2) is 14.8 Å². The molecular formula is C12H10N2O2S. The molecule has 0 bridgehead atoms. The number of methoxy groups -OCH3 is 1. The van der Waals surface area contributed by atoms with Gasteiger partial charge in [-0.1, -0.05) is 11.8 Å². The number of hydrogen-bond donors (Lipinski definition) is 0. The Labute approximate surface area is 103 Å². The first-order valence-corrected chi connectivity index (χ1v) is 5.72. The van der Waals surface area contributed by atoms with Crippen LogP contribution in [0.1, 0.15) is 10.4 Å². The SMILES string of the molecule is COC(=O)c1ccc(Sc2cncnc2)cc1. The van der Waals surface area contributed by atoms with Crippen LogP contribution in [0.2, 0.25) is 0 Å². The molecule has 0 fully saturated rings. The number of rotatable bonds is 3. The van der Waals surface area contributed by atoms with Crippen molar-refractivity contribution < 1.29 is 9.53 Å². The van der Waals surface area contributed by atoms with Crippen LogP contribution >= 0.6 is 11.8 Å². The number of nitrogens with zero attached hydrogens (tertiary/aromatic N) is 2. The zero-order valence-electron chi connectivity index (χ0n) is 9.16. The Balaban J connectivity index is 2.11. The number of benzene rings is 1. The maximum absolute atomic E-state index is 11.2. The molecule has 2 aromatic rings. The summed E-state index contributed by atoms with van der Waals surface area (Å²) in [5, 5.41) is 0.